The summed E-state index contributed by atoms with van der Waals surface area (Å²) < 4.78 is 6.48. The fraction of sp³-hybridized carbons (Fsp3) is 0.100. The molecule has 15 heavy (non-hydrogen) atoms. The van der Waals surface area contributed by atoms with Gasteiger partial charge in [-0.2, -0.15) is 0 Å². The molecular weight excluding hydrogens is 300 g/mol. The number of rotatable bonds is 1. The number of hydrogen-bond donors (Lipinski definition) is 0. The van der Waals surface area contributed by atoms with Crippen molar-refractivity contribution in [3.63, 3.8) is 0 Å². The topological polar surface area (TPSA) is 26.3 Å². The number of halogens is 2. The summed E-state index contributed by atoms with van der Waals surface area (Å²) in [7, 11) is 1.37. The maximum atomic E-state index is 11.3. The van der Waals surface area contributed by atoms with E-state index in [1.807, 2.05) is 6.07 Å². The SMILES string of the molecule is COC(=O)c1cc2c(Br)c(Cl)ccc2s1. The summed E-state index contributed by atoms with van der Waals surface area (Å²) in [5, 5.41) is 1.57. The van der Waals surface area contributed by atoms with Crippen LogP contribution in [0.1, 0.15) is 9.67 Å². The molecule has 0 spiro atoms. The van der Waals surface area contributed by atoms with Gasteiger partial charge in [0.05, 0.1) is 12.1 Å². The molecule has 0 amide bonds. The zero-order valence-electron chi connectivity index (χ0n) is 7.71. The van der Waals surface area contributed by atoms with Crippen molar-refractivity contribution in [1.82, 2.24) is 0 Å². The van der Waals surface area contributed by atoms with Crippen molar-refractivity contribution in [3.05, 3.63) is 32.6 Å². The Morgan fingerprint density at radius 2 is 2.27 bits per heavy atom. The monoisotopic (exact) mass is 304 g/mol. The van der Waals surface area contributed by atoms with Crippen molar-refractivity contribution in [2.75, 3.05) is 7.11 Å². The van der Waals surface area contributed by atoms with Gasteiger partial charge in [0, 0.05) is 14.6 Å². The Balaban J connectivity index is 2.66. The first kappa shape index (κ1) is 10.9. The molecule has 2 nitrogen and oxygen atoms in total. The van der Waals surface area contributed by atoms with E-state index in [1.54, 1.807) is 12.1 Å². The van der Waals surface area contributed by atoms with Crippen LogP contribution in [0, 0.1) is 0 Å². The highest BCUT2D eigenvalue weighted by atomic mass is 79.9. The van der Waals surface area contributed by atoms with E-state index in [4.69, 9.17) is 11.6 Å². The van der Waals surface area contributed by atoms with E-state index in [2.05, 4.69) is 20.7 Å². The van der Waals surface area contributed by atoms with Crippen molar-refractivity contribution < 1.29 is 9.53 Å². The van der Waals surface area contributed by atoms with Gasteiger partial charge in [0.15, 0.2) is 0 Å². The van der Waals surface area contributed by atoms with Crippen molar-refractivity contribution in [2.24, 2.45) is 0 Å². The zero-order valence-corrected chi connectivity index (χ0v) is 10.9. The Kier molecular flexibility index (Phi) is 3.00. The number of hydrogen-bond acceptors (Lipinski definition) is 3. The standard InChI is InChI=1S/C10H6BrClO2S/c1-14-10(13)8-4-5-7(15-8)3-2-6(12)9(5)11/h2-4H,1H3. The summed E-state index contributed by atoms with van der Waals surface area (Å²) in [5.41, 5.74) is 0. The van der Waals surface area contributed by atoms with Gasteiger partial charge in [-0.1, -0.05) is 11.6 Å². The number of esters is 1. The van der Waals surface area contributed by atoms with E-state index < -0.39 is 0 Å². The molecule has 0 aliphatic carbocycles. The molecule has 0 unspecified atom stereocenters. The molecule has 0 bridgehead atoms. The predicted molar refractivity (Wildman–Crippen MR) is 65.9 cm³/mol. The van der Waals surface area contributed by atoms with Crippen LogP contribution < -0.4 is 0 Å². The Bertz CT molecular complexity index is 535. The van der Waals surface area contributed by atoms with Crippen LogP contribution in [-0.2, 0) is 4.74 Å². The van der Waals surface area contributed by atoms with Gasteiger partial charge in [-0.25, -0.2) is 4.79 Å². The second-order valence-electron chi connectivity index (χ2n) is 2.88. The molecule has 0 saturated carbocycles. The Morgan fingerprint density at radius 1 is 1.53 bits per heavy atom. The first-order chi connectivity index (χ1) is 7.13. The van der Waals surface area contributed by atoms with Crippen LogP contribution in [0.25, 0.3) is 10.1 Å². The van der Waals surface area contributed by atoms with Gasteiger partial charge in [-0.3, -0.25) is 0 Å². The van der Waals surface area contributed by atoms with Crippen molar-refractivity contribution in [3.8, 4) is 0 Å². The Morgan fingerprint density at radius 3 is 2.93 bits per heavy atom. The summed E-state index contributed by atoms with van der Waals surface area (Å²) in [5.74, 6) is -0.320. The molecule has 1 aromatic heterocycles. The normalized spacial score (nSPS) is 10.6. The lowest BCUT2D eigenvalue weighted by Crippen LogP contribution is -1.96. The van der Waals surface area contributed by atoms with E-state index in [0.717, 1.165) is 14.6 Å². The summed E-state index contributed by atoms with van der Waals surface area (Å²) in [6.07, 6.45) is 0. The van der Waals surface area contributed by atoms with Crippen LogP contribution in [0.15, 0.2) is 22.7 Å². The van der Waals surface area contributed by atoms with Crippen LogP contribution in [0.3, 0.4) is 0 Å². The third kappa shape index (κ3) is 1.89. The van der Waals surface area contributed by atoms with Crippen LogP contribution in [-0.4, -0.2) is 13.1 Å². The number of carbonyl (C=O) groups excluding carboxylic acids is 1. The molecule has 1 heterocycles. The molecule has 2 rings (SSSR count). The number of thiophene rings is 1. The summed E-state index contributed by atoms with van der Waals surface area (Å²) in [4.78, 5) is 11.9. The fourth-order valence-electron chi connectivity index (χ4n) is 1.25. The predicted octanol–water partition coefficient (Wildman–Crippen LogP) is 4.10. The molecule has 1 aromatic carbocycles. The smallest absolute Gasteiger partial charge is 0.348 e. The summed E-state index contributed by atoms with van der Waals surface area (Å²) in [6.45, 7) is 0. The number of carbonyl (C=O) groups is 1. The zero-order chi connectivity index (χ0) is 11.0. The number of benzene rings is 1. The highest BCUT2D eigenvalue weighted by Crippen LogP contribution is 2.36. The first-order valence-corrected chi connectivity index (χ1v) is 6.08. The third-order valence-electron chi connectivity index (χ3n) is 1.97. The molecule has 0 radical (unpaired) electrons. The van der Waals surface area contributed by atoms with Crippen molar-refractivity contribution in [1.29, 1.82) is 0 Å². The molecule has 2 aromatic rings. The van der Waals surface area contributed by atoms with Gasteiger partial charge >= 0.3 is 5.97 Å². The lowest BCUT2D eigenvalue weighted by Gasteiger charge is -1.95. The number of ether oxygens (including phenoxy) is 1. The van der Waals surface area contributed by atoms with E-state index >= 15 is 0 Å². The molecule has 0 fully saturated rings. The minimum atomic E-state index is -0.320. The highest BCUT2D eigenvalue weighted by molar-refractivity contribution is 9.10. The van der Waals surface area contributed by atoms with Crippen molar-refractivity contribution >= 4 is 54.9 Å². The number of fused-ring (bicyclic) bond motifs is 1. The Labute approximate surface area is 104 Å². The van der Waals surface area contributed by atoms with Gasteiger partial charge in [-0.15, -0.1) is 11.3 Å². The molecule has 0 N–H and O–H groups in total. The highest BCUT2D eigenvalue weighted by Gasteiger charge is 2.13. The average molecular weight is 306 g/mol. The van der Waals surface area contributed by atoms with Gasteiger partial charge in [0.1, 0.15) is 4.88 Å². The molecule has 0 atom stereocenters. The molecule has 0 aliphatic heterocycles. The van der Waals surface area contributed by atoms with Gasteiger partial charge in [-0.05, 0) is 34.1 Å². The van der Waals surface area contributed by atoms with Crippen molar-refractivity contribution in [2.45, 2.75) is 0 Å². The van der Waals surface area contributed by atoms with Gasteiger partial charge in [0.25, 0.3) is 0 Å². The van der Waals surface area contributed by atoms with Gasteiger partial charge in [0.2, 0.25) is 0 Å². The van der Waals surface area contributed by atoms with Crippen LogP contribution in [0.4, 0.5) is 0 Å². The Hall–Kier alpha value is -0.580. The molecule has 0 aliphatic rings. The third-order valence-corrected chi connectivity index (χ3v) is 4.45. The molecular formula is C10H6BrClO2S. The largest absolute Gasteiger partial charge is 0.465 e. The minimum absolute atomic E-state index is 0.320. The van der Waals surface area contributed by atoms with Gasteiger partial charge < -0.3 is 4.74 Å². The average Bonchev–Trinajstić information content (AvgIpc) is 2.67. The van der Waals surface area contributed by atoms with E-state index in [-0.39, 0.29) is 5.97 Å². The van der Waals surface area contributed by atoms with Crippen LogP contribution >= 0.6 is 38.9 Å². The fourth-order valence-corrected chi connectivity index (χ4v) is 3.00. The second kappa shape index (κ2) is 4.12. The van der Waals surface area contributed by atoms with Crippen LogP contribution in [0.5, 0.6) is 0 Å². The summed E-state index contributed by atoms with van der Waals surface area (Å²) in [6, 6.07) is 5.47. The molecule has 78 valence electrons. The second-order valence-corrected chi connectivity index (χ2v) is 5.16. The molecule has 0 saturated heterocycles. The summed E-state index contributed by atoms with van der Waals surface area (Å²) >= 11 is 10.7. The van der Waals surface area contributed by atoms with E-state index in [9.17, 15) is 4.79 Å². The van der Waals surface area contributed by atoms with E-state index in [0.29, 0.717) is 9.90 Å². The lowest BCUT2D eigenvalue weighted by molar-refractivity contribution is 0.0606. The quantitative estimate of drug-likeness (QED) is 0.741. The number of methoxy groups -OCH3 is 1. The minimum Gasteiger partial charge on any atom is -0.465 e. The maximum absolute atomic E-state index is 11.3. The molecule has 5 heteroatoms. The van der Waals surface area contributed by atoms with Crippen LogP contribution in [0.2, 0.25) is 5.02 Å². The lowest BCUT2D eigenvalue weighted by atomic mass is 10.2. The first-order valence-electron chi connectivity index (χ1n) is 4.09. The van der Waals surface area contributed by atoms with E-state index in [1.165, 1.54) is 18.4 Å². The maximum Gasteiger partial charge on any atom is 0.348 e.